The Kier molecular flexibility index (Phi) is 5.87. The number of hydrogen-bond acceptors (Lipinski definition) is 7. The lowest BCUT2D eigenvalue weighted by Gasteiger charge is -2.06. The Morgan fingerprint density at radius 3 is 2.45 bits per heavy atom. The molecule has 2 heterocycles. The molecule has 3 aromatic rings. The zero-order valence-electron chi connectivity index (χ0n) is 16.5. The molecule has 3 rings (SSSR count). The van der Waals surface area contributed by atoms with Crippen LogP contribution in [0.5, 0.6) is 11.5 Å². The standard InChI is InChI=1S/C20H21N3O6/c1-12-17(18(20(25)27-4)23(2)22-12)21-19(24)16-10-9-15(29-16)11-28-14-7-5-13(26-3)6-8-14/h5-10H,11H2,1-4H3,(H,21,24). The molecule has 9 heteroatoms. The Hall–Kier alpha value is -3.75. The lowest BCUT2D eigenvalue weighted by Crippen LogP contribution is -2.16. The first-order chi connectivity index (χ1) is 13.9. The van der Waals surface area contributed by atoms with Crippen molar-refractivity contribution in [2.24, 2.45) is 7.05 Å². The maximum absolute atomic E-state index is 12.5. The number of nitrogens with one attached hydrogen (secondary N) is 1. The van der Waals surface area contributed by atoms with E-state index in [1.807, 2.05) is 0 Å². The fourth-order valence-corrected chi connectivity index (χ4v) is 2.72. The van der Waals surface area contributed by atoms with E-state index in [1.54, 1.807) is 51.4 Å². The van der Waals surface area contributed by atoms with Gasteiger partial charge in [0.05, 0.1) is 25.6 Å². The number of aryl methyl sites for hydroxylation is 2. The van der Waals surface area contributed by atoms with Crippen LogP contribution in [0.3, 0.4) is 0 Å². The monoisotopic (exact) mass is 399 g/mol. The van der Waals surface area contributed by atoms with Crippen LogP contribution in [0, 0.1) is 6.92 Å². The van der Waals surface area contributed by atoms with Gasteiger partial charge in [0.2, 0.25) is 0 Å². The second-order valence-corrected chi connectivity index (χ2v) is 6.11. The molecule has 0 spiro atoms. The first-order valence-corrected chi connectivity index (χ1v) is 8.71. The van der Waals surface area contributed by atoms with Crippen molar-refractivity contribution in [1.82, 2.24) is 9.78 Å². The number of methoxy groups -OCH3 is 2. The van der Waals surface area contributed by atoms with Crippen molar-refractivity contribution in [2.45, 2.75) is 13.5 Å². The minimum Gasteiger partial charge on any atom is -0.497 e. The van der Waals surface area contributed by atoms with Gasteiger partial charge >= 0.3 is 5.97 Å². The number of furan rings is 1. The van der Waals surface area contributed by atoms with E-state index in [1.165, 1.54) is 17.9 Å². The van der Waals surface area contributed by atoms with Crippen LogP contribution < -0.4 is 14.8 Å². The highest BCUT2D eigenvalue weighted by Crippen LogP contribution is 2.22. The number of rotatable bonds is 7. The summed E-state index contributed by atoms with van der Waals surface area (Å²) < 4.78 is 22.4. The summed E-state index contributed by atoms with van der Waals surface area (Å²) in [6, 6.07) is 10.3. The van der Waals surface area contributed by atoms with Crippen LogP contribution in [-0.4, -0.2) is 35.9 Å². The van der Waals surface area contributed by atoms with E-state index in [-0.39, 0.29) is 23.7 Å². The minimum absolute atomic E-state index is 0.0809. The summed E-state index contributed by atoms with van der Waals surface area (Å²) in [5.41, 5.74) is 0.903. The second kappa shape index (κ2) is 8.51. The third-order valence-electron chi connectivity index (χ3n) is 4.17. The van der Waals surface area contributed by atoms with Crippen molar-refractivity contribution in [3.8, 4) is 11.5 Å². The Morgan fingerprint density at radius 2 is 1.79 bits per heavy atom. The van der Waals surface area contributed by atoms with Crippen LogP contribution in [0.15, 0.2) is 40.8 Å². The molecule has 0 atom stereocenters. The van der Waals surface area contributed by atoms with Gasteiger partial charge in [-0.15, -0.1) is 0 Å². The van der Waals surface area contributed by atoms with Gasteiger partial charge in [-0.2, -0.15) is 5.10 Å². The van der Waals surface area contributed by atoms with Crippen LogP contribution in [-0.2, 0) is 18.4 Å². The lowest BCUT2D eigenvalue weighted by atomic mass is 10.3. The number of hydrogen-bond donors (Lipinski definition) is 1. The summed E-state index contributed by atoms with van der Waals surface area (Å²) >= 11 is 0. The molecule has 2 aromatic heterocycles. The smallest absolute Gasteiger partial charge is 0.358 e. The van der Waals surface area contributed by atoms with E-state index < -0.39 is 11.9 Å². The Labute approximate surface area is 167 Å². The number of ether oxygens (including phenoxy) is 3. The van der Waals surface area contributed by atoms with Crippen LogP contribution >= 0.6 is 0 Å². The molecule has 1 N–H and O–H groups in total. The van der Waals surface area contributed by atoms with Crippen molar-refractivity contribution in [3.63, 3.8) is 0 Å². The van der Waals surface area contributed by atoms with Gasteiger partial charge in [-0.1, -0.05) is 0 Å². The summed E-state index contributed by atoms with van der Waals surface area (Å²) in [5.74, 6) is 0.811. The van der Waals surface area contributed by atoms with E-state index in [9.17, 15) is 9.59 Å². The molecule has 0 saturated carbocycles. The summed E-state index contributed by atoms with van der Waals surface area (Å²) in [4.78, 5) is 24.5. The Balaban J connectivity index is 1.67. The van der Waals surface area contributed by atoms with Crippen molar-refractivity contribution in [1.29, 1.82) is 0 Å². The molecular formula is C20H21N3O6. The Bertz CT molecular complexity index is 1020. The summed E-state index contributed by atoms with van der Waals surface area (Å²) in [6.07, 6.45) is 0. The molecular weight excluding hydrogens is 378 g/mol. The van der Waals surface area contributed by atoms with Crippen molar-refractivity contribution in [2.75, 3.05) is 19.5 Å². The average molecular weight is 399 g/mol. The largest absolute Gasteiger partial charge is 0.497 e. The first-order valence-electron chi connectivity index (χ1n) is 8.71. The molecule has 0 bridgehead atoms. The number of carbonyl (C=O) groups is 2. The zero-order chi connectivity index (χ0) is 21.0. The van der Waals surface area contributed by atoms with E-state index in [4.69, 9.17) is 18.6 Å². The van der Waals surface area contributed by atoms with Gasteiger partial charge in [0.15, 0.2) is 11.5 Å². The molecule has 0 aliphatic heterocycles. The summed E-state index contributed by atoms with van der Waals surface area (Å²) in [5, 5.41) is 6.81. The number of carbonyl (C=O) groups excluding carboxylic acids is 2. The van der Waals surface area contributed by atoms with Gasteiger partial charge in [-0.3, -0.25) is 9.48 Å². The van der Waals surface area contributed by atoms with Crippen molar-refractivity contribution in [3.05, 3.63) is 59.3 Å². The molecule has 1 amide bonds. The molecule has 0 aliphatic carbocycles. The second-order valence-electron chi connectivity index (χ2n) is 6.11. The maximum Gasteiger partial charge on any atom is 0.358 e. The third-order valence-corrected chi connectivity index (χ3v) is 4.17. The van der Waals surface area contributed by atoms with Gasteiger partial charge in [0, 0.05) is 7.05 Å². The van der Waals surface area contributed by atoms with Crippen molar-refractivity contribution >= 4 is 17.6 Å². The molecule has 0 aliphatic rings. The predicted molar refractivity (Wildman–Crippen MR) is 103 cm³/mol. The van der Waals surface area contributed by atoms with Crippen LogP contribution in [0.4, 0.5) is 5.69 Å². The topological polar surface area (TPSA) is 105 Å². The number of benzene rings is 1. The zero-order valence-corrected chi connectivity index (χ0v) is 16.5. The van der Waals surface area contributed by atoms with Crippen LogP contribution in [0.1, 0.15) is 32.5 Å². The van der Waals surface area contributed by atoms with Gasteiger partial charge in [-0.25, -0.2) is 4.79 Å². The molecule has 0 fully saturated rings. The molecule has 1 aromatic carbocycles. The normalized spacial score (nSPS) is 10.5. The SMILES string of the molecule is COC(=O)c1c(NC(=O)c2ccc(COc3ccc(OC)cc3)o2)c(C)nn1C. The van der Waals surface area contributed by atoms with E-state index in [2.05, 4.69) is 10.4 Å². The molecule has 152 valence electrons. The van der Waals surface area contributed by atoms with Gasteiger partial charge < -0.3 is 23.9 Å². The Morgan fingerprint density at radius 1 is 1.10 bits per heavy atom. The highest BCUT2D eigenvalue weighted by molar-refractivity contribution is 6.06. The summed E-state index contributed by atoms with van der Waals surface area (Å²) in [7, 11) is 4.45. The molecule has 0 saturated heterocycles. The van der Waals surface area contributed by atoms with E-state index in [0.717, 1.165) is 5.75 Å². The first kappa shape index (κ1) is 20.0. The van der Waals surface area contributed by atoms with Gasteiger partial charge in [0.25, 0.3) is 5.91 Å². The average Bonchev–Trinajstić information content (AvgIpc) is 3.30. The number of aromatic nitrogens is 2. The van der Waals surface area contributed by atoms with E-state index in [0.29, 0.717) is 17.2 Å². The van der Waals surface area contributed by atoms with Crippen LogP contribution in [0.25, 0.3) is 0 Å². The van der Waals surface area contributed by atoms with E-state index >= 15 is 0 Å². The fraction of sp³-hybridized carbons (Fsp3) is 0.250. The predicted octanol–water partition coefficient (Wildman–Crippen LogP) is 2.95. The van der Waals surface area contributed by atoms with Gasteiger partial charge in [-0.05, 0) is 43.3 Å². The maximum atomic E-state index is 12.5. The molecule has 9 nitrogen and oxygen atoms in total. The fourth-order valence-electron chi connectivity index (χ4n) is 2.72. The third kappa shape index (κ3) is 4.40. The number of esters is 1. The quantitative estimate of drug-likeness (QED) is 0.609. The van der Waals surface area contributed by atoms with Crippen molar-refractivity contribution < 1.29 is 28.2 Å². The number of nitrogens with zero attached hydrogens (tertiary/aromatic N) is 2. The highest BCUT2D eigenvalue weighted by atomic mass is 16.5. The number of amides is 1. The van der Waals surface area contributed by atoms with Crippen LogP contribution in [0.2, 0.25) is 0 Å². The lowest BCUT2D eigenvalue weighted by molar-refractivity contribution is 0.0589. The molecule has 0 radical (unpaired) electrons. The number of anilines is 1. The summed E-state index contributed by atoms with van der Waals surface area (Å²) in [6.45, 7) is 1.83. The minimum atomic E-state index is -0.601. The molecule has 0 unspecified atom stereocenters. The molecule has 29 heavy (non-hydrogen) atoms. The highest BCUT2D eigenvalue weighted by Gasteiger charge is 2.23. The van der Waals surface area contributed by atoms with Gasteiger partial charge in [0.1, 0.15) is 23.9 Å².